The van der Waals surface area contributed by atoms with Crippen LogP contribution in [0, 0.1) is 22.0 Å². The Labute approximate surface area is 198 Å². The van der Waals surface area contributed by atoms with E-state index in [4.69, 9.17) is 5.21 Å². The second-order valence-corrected chi connectivity index (χ2v) is 9.35. The van der Waals surface area contributed by atoms with Crippen LogP contribution in [0.4, 0.5) is 5.69 Å². The molecule has 2 aromatic carbocycles. The lowest BCUT2D eigenvalue weighted by Crippen LogP contribution is -2.43. The number of hydrogen-bond donors (Lipinski definition) is 2. The molecule has 0 bridgehead atoms. The van der Waals surface area contributed by atoms with Gasteiger partial charge in [0.15, 0.2) is 0 Å². The van der Waals surface area contributed by atoms with Crippen molar-refractivity contribution in [3.63, 3.8) is 0 Å². The zero-order chi connectivity index (χ0) is 23.8. The van der Waals surface area contributed by atoms with E-state index < -0.39 is 9.67 Å². The van der Waals surface area contributed by atoms with E-state index in [9.17, 15) is 14.9 Å². The van der Waals surface area contributed by atoms with Crippen LogP contribution in [-0.2, 0) is 4.79 Å². The van der Waals surface area contributed by atoms with Gasteiger partial charge in [-0.25, -0.2) is 5.48 Å². The number of amides is 1. The Morgan fingerprint density at radius 3 is 2.27 bits per heavy atom. The zero-order valence-corrected chi connectivity index (χ0v) is 19.5. The predicted molar refractivity (Wildman–Crippen MR) is 131 cm³/mol. The van der Waals surface area contributed by atoms with E-state index in [0.29, 0.717) is 6.42 Å². The molecule has 3 rings (SSSR count). The van der Waals surface area contributed by atoms with Gasteiger partial charge in [-0.05, 0) is 61.4 Å². The average Bonchev–Trinajstić information content (AvgIpc) is 2.86. The van der Waals surface area contributed by atoms with Gasteiger partial charge in [-0.15, -0.1) is 11.8 Å². The van der Waals surface area contributed by atoms with Gasteiger partial charge in [-0.1, -0.05) is 30.0 Å². The summed E-state index contributed by atoms with van der Waals surface area (Å²) in [6.45, 7) is 4.37. The fraction of sp³-hybridized carbons (Fsp3) is 0.320. The van der Waals surface area contributed by atoms with Crippen molar-refractivity contribution >= 4 is 28.9 Å². The first kappa shape index (κ1) is 24.5. The topological polar surface area (TPSA) is 95.7 Å². The van der Waals surface area contributed by atoms with Gasteiger partial charge in [-0.3, -0.25) is 25.0 Å². The van der Waals surface area contributed by atoms with Crippen LogP contribution in [0.3, 0.4) is 0 Å². The summed E-state index contributed by atoms with van der Waals surface area (Å²) in [5.74, 6) is 5.77. The highest BCUT2D eigenvalue weighted by atomic mass is 32.2. The van der Waals surface area contributed by atoms with E-state index >= 15 is 0 Å². The lowest BCUT2D eigenvalue weighted by Gasteiger charge is -2.31. The van der Waals surface area contributed by atoms with E-state index in [-0.39, 0.29) is 11.6 Å². The van der Waals surface area contributed by atoms with Gasteiger partial charge in [0.25, 0.3) is 11.6 Å². The Morgan fingerprint density at radius 1 is 1.18 bits per heavy atom. The van der Waals surface area contributed by atoms with Crippen LogP contribution in [0.25, 0.3) is 5.57 Å². The van der Waals surface area contributed by atoms with E-state index in [1.54, 1.807) is 17.6 Å². The molecule has 172 valence electrons. The first-order valence-electron chi connectivity index (χ1n) is 10.6. The molecule has 1 heterocycles. The molecule has 0 spiro atoms. The van der Waals surface area contributed by atoms with Crippen LogP contribution in [0.15, 0.2) is 54.6 Å². The molecule has 1 unspecified atom stereocenters. The first-order valence-corrected chi connectivity index (χ1v) is 11.8. The maximum Gasteiger partial charge on any atom is 0.269 e. The SMILES string of the molecule is CSC(C)(CCN1CC=C(c2ccc(C#Cc3ccc([N+](=O)[O-])cc3)cc2)CC1)C(=O)NO. The number of non-ortho nitro benzene ring substituents is 1. The molecule has 1 aliphatic heterocycles. The molecule has 0 fully saturated rings. The van der Waals surface area contributed by atoms with Crippen LogP contribution < -0.4 is 5.48 Å². The molecule has 0 saturated heterocycles. The monoisotopic (exact) mass is 465 g/mol. The van der Waals surface area contributed by atoms with Gasteiger partial charge < -0.3 is 0 Å². The standard InChI is InChI=1S/C25H27N3O4S/c1-25(33-2,24(29)26-30)15-18-27-16-13-22(14-17-27)21-9-5-19(6-10-21)3-4-20-7-11-23(12-8-20)28(31)32/h5-13,30H,14-18H2,1-2H3,(H,26,29). The highest BCUT2D eigenvalue weighted by Crippen LogP contribution is 2.28. The van der Waals surface area contributed by atoms with Crippen LogP contribution in [0.1, 0.15) is 36.5 Å². The van der Waals surface area contributed by atoms with Crippen molar-refractivity contribution < 1.29 is 14.9 Å². The number of nitrogens with zero attached hydrogens (tertiary/aromatic N) is 2. The maximum atomic E-state index is 11.9. The molecule has 33 heavy (non-hydrogen) atoms. The van der Waals surface area contributed by atoms with Crippen molar-refractivity contribution in [2.75, 3.05) is 25.9 Å². The number of carbonyl (C=O) groups is 1. The normalized spacial score (nSPS) is 15.5. The number of rotatable bonds is 7. The molecule has 1 aliphatic rings. The van der Waals surface area contributed by atoms with Crippen molar-refractivity contribution in [3.8, 4) is 11.8 Å². The third kappa shape index (κ3) is 6.45. The minimum Gasteiger partial charge on any atom is -0.299 e. The minimum atomic E-state index is -0.649. The number of nitro groups is 1. The van der Waals surface area contributed by atoms with Gasteiger partial charge in [0.05, 0.1) is 9.67 Å². The summed E-state index contributed by atoms with van der Waals surface area (Å²) in [7, 11) is 0. The van der Waals surface area contributed by atoms with Crippen molar-refractivity contribution in [1.29, 1.82) is 0 Å². The number of benzene rings is 2. The molecule has 0 radical (unpaired) electrons. The molecule has 0 saturated carbocycles. The largest absolute Gasteiger partial charge is 0.299 e. The van der Waals surface area contributed by atoms with E-state index in [1.165, 1.54) is 35.0 Å². The number of nitro benzene ring substituents is 1. The van der Waals surface area contributed by atoms with Crippen molar-refractivity contribution in [2.45, 2.75) is 24.5 Å². The summed E-state index contributed by atoms with van der Waals surface area (Å²) in [5, 5.41) is 19.7. The number of thioether (sulfide) groups is 1. The first-order chi connectivity index (χ1) is 15.8. The average molecular weight is 466 g/mol. The predicted octanol–water partition coefficient (Wildman–Crippen LogP) is 4.10. The van der Waals surface area contributed by atoms with E-state index in [1.807, 2.05) is 25.3 Å². The van der Waals surface area contributed by atoms with Crippen molar-refractivity contribution in [1.82, 2.24) is 10.4 Å². The second kappa shape index (κ2) is 11.1. The summed E-state index contributed by atoms with van der Waals surface area (Å²) < 4.78 is -0.649. The Morgan fingerprint density at radius 2 is 1.79 bits per heavy atom. The van der Waals surface area contributed by atoms with Gasteiger partial charge in [0, 0.05) is 42.9 Å². The van der Waals surface area contributed by atoms with Gasteiger partial charge in [0.1, 0.15) is 0 Å². The molecular weight excluding hydrogens is 438 g/mol. The summed E-state index contributed by atoms with van der Waals surface area (Å²) >= 11 is 1.44. The number of hydrogen-bond acceptors (Lipinski definition) is 6. The molecule has 2 aromatic rings. The van der Waals surface area contributed by atoms with Crippen LogP contribution in [0.5, 0.6) is 0 Å². The van der Waals surface area contributed by atoms with Crippen LogP contribution >= 0.6 is 11.8 Å². The summed E-state index contributed by atoms with van der Waals surface area (Å²) in [4.78, 5) is 24.5. The van der Waals surface area contributed by atoms with Crippen molar-refractivity contribution in [3.05, 3.63) is 81.4 Å². The van der Waals surface area contributed by atoms with Gasteiger partial charge >= 0.3 is 0 Å². The molecule has 8 heteroatoms. The molecule has 0 aromatic heterocycles. The third-order valence-electron chi connectivity index (χ3n) is 5.92. The Hall–Kier alpha value is -3.12. The lowest BCUT2D eigenvalue weighted by atomic mass is 9.97. The third-order valence-corrected chi connectivity index (χ3v) is 7.21. The smallest absolute Gasteiger partial charge is 0.269 e. The van der Waals surface area contributed by atoms with Gasteiger partial charge in [0.2, 0.25) is 0 Å². The zero-order valence-electron chi connectivity index (χ0n) is 18.7. The Kier molecular flexibility index (Phi) is 8.28. The maximum absolute atomic E-state index is 11.9. The van der Waals surface area contributed by atoms with E-state index in [2.05, 4.69) is 34.9 Å². The molecule has 1 amide bonds. The number of hydroxylamine groups is 1. The number of nitrogens with one attached hydrogen (secondary N) is 1. The molecule has 7 nitrogen and oxygen atoms in total. The fourth-order valence-electron chi connectivity index (χ4n) is 3.55. The summed E-state index contributed by atoms with van der Waals surface area (Å²) in [5.41, 5.74) is 5.91. The second-order valence-electron chi connectivity index (χ2n) is 8.04. The molecule has 2 N–H and O–H groups in total. The highest BCUT2D eigenvalue weighted by molar-refractivity contribution is 8.00. The fourth-order valence-corrected chi connectivity index (χ4v) is 4.08. The lowest BCUT2D eigenvalue weighted by molar-refractivity contribution is -0.384. The van der Waals surface area contributed by atoms with Crippen molar-refractivity contribution in [2.24, 2.45) is 0 Å². The number of carbonyl (C=O) groups excluding carboxylic acids is 1. The van der Waals surface area contributed by atoms with E-state index in [0.717, 1.165) is 37.2 Å². The Balaban J connectivity index is 1.57. The molecule has 1 atom stereocenters. The summed E-state index contributed by atoms with van der Waals surface area (Å²) in [6.07, 6.45) is 5.69. The van der Waals surface area contributed by atoms with Crippen LogP contribution in [0.2, 0.25) is 0 Å². The molecule has 0 aliphatic carbocycles. The highest BCUT2D eigenvalue weighted by Gasteiger charge is 2.32. The van der Waals surface area contributed by atoms with Gasteiger partial charge in [-0.2, -0.15) is 0 Å². The Bertz CT molecular complexity index is 1090. The quantitative estimate of drug-likeness (QED) is 0.277. The minimum absolute atomic E-state index is 0.0538. The van der Waals surface area contributed by atoms with Crippen LogP contribution in [-0.4, -0.2) is 51.6 Å². The summed E-state index contributed by atoms with van der Waals surface area (Å²) in [6, 6.07) is 14.3. The molecular formula is C25H27N3O4S.